The molecule has 0 atom stereocenters. The van der Waals surface area contributed by atoms with E-state index in [-0.39, 0.29) is 0 Å². The van der Waals surface area contributed by atoms with E-state index in [0.29, 0.717) is 0 Å². The number of hydrogen-bond acceptors (Lipinski definition) is 4. The van der Waals surface area contributed by atoms with E-state index in [1.54, 1.807) is 6.08 Å². The molecule has 0 radical (unpaired) electrons. The third-order valence-corrected chi connectivity index (χ3v) is 3.47. The number of anilines is 1. The molecule has 0 saturated carbocycles. The van der Waals surface area contributed by atoms with Crippen LogP contribution < -0.4 is 5.32 Å². The fraction of sp³-hybridized carbons (Fsp3) is 0.292. The lowest BCUT2D eigenvalue weighted by atomic mass is 9.97. The van der Waals surface area contributed by atoms with Crippen molar-refractivity contribution in [3.05, 3.63) is 66.7 Å². The molecule has 0 unspecified atom stereocenters. The first-order valence-corrected chi connectivity index (χ1v) is 10.1. The van der Waals surface area contributed by atoms with Crippen LogP contribution in [0.2, 0.25) is 0 Å². The van der Waals surface area contributed by atoms with Gasteiger partial charge in [0, 0.05) is 23.4 Å². The minimum atomic E-state index is 0.750. The largest absolute Gasteiger partial charge is 0.380 e. The number of hydrogen-bond donors (Lipinski definition) is 2. The van der Waals surface area contributed by atoms with Crippen molar-refractivity contribution in [2.24, 2.45) is 0 Å². The molecule has 2 N–H and O–H groups in total. The number of H-pyrrole nitrogens is 1. The molecule has 2 heterocycles. The van der Waals surface area contributed by atoms with Crippen molar-refractivity contribution in [2.75, 3.05) is 5.32 Å². The van der Waals surface area contributed by atoms with Crippen molar-refractivity contribution in [1.82, 2.24) is 15.4 Å². The van der Waals surface area contributed by atoms with Gasteiger partial charge in [0.2, 0.25) is 0 Å². The van der Waals surface area contributed by atoms with Crippen molar-refractivity contribution in [1.29, 1.82) is 0 Å². The third kappa shape index (κ3) is 7.37. The highest BCUT2D eigenvalue weighted by Crippen LogP contribution is 2.36. The summed E-state index contributed by atoms with van der Waals surface area (Å²) < 4.78 is 0. The van der Waals surface area contributed by atoms with Gasteiger partial charge in [0.05, 0.1) is 0 Å². The predicted octanol–water partition coefficient (Wildman–Crippen LogP) is 6.51. The molecule has 2 aromatic carbocycles. The number of nitrogens with zero attached hydrogens (tertiary/aromatic N) is 2. The second-order valence-electron chi connectivity index (χ2n) is 5.22. The van der Waals surface area contributed by atoms with Crippen molar-refractivity contribution in [3.8, 4) is 22.5 Å². The molecule has 1 aromatic heterocycles. The Morgan fingerprint density at radius 1 is 0.862 bits per heavy atom. The standard InChI is InChI=1S/C15H12N4.C3H6.C2H4O.2C2H6/c1-2-6-11-10(5-1)9-16-13-8-4-3-7-12(13)15-14(11)17-19-18-15;1-3-2;1-2-3;2*1-2/h1-8,16H,9H2,(H,17,18,19);3H,1H2,2H3;2H,1H3;2*1-2H3. The smallest absolute Gasteiger partial charge is 0.122 e. The molecule has 0 aliphatic carbocycles. The minimum absolute atomic E-state index is 0.750. The number of carbonyl (C=O) groups excluding carboxylic acids is 1. The first-order chi connectivity index (χ1) is 14.3. The maximum Gasteiger partial charge on any atom is 0.122 e. The summed E-state index contributed by atoms with van der Waals surface area (Å²) in [6.07, 6.45) is 2.50. The molecule has 5 heteroatoms. The van der Waals surface area contributed by atoms with Crippen molar-refractivity contribution in [3.63, 3.8) is 0 Å². The second kappa shape index (κ2) is 15.8. The molecule has 0 amide bonds. The van der Waals surface area contributed by atoms with Crippen molar-refractivity contribution < 1.29 is 4.79 Å². The summed E-state index contributed by atoms with van der Waals surface area (Å²) in [5.41, 5.74) is 6.35. The van der Waals surface area contributed by atoms with Gasteiger partial charge in [0.15, 0.2) is 0 Å². The zero-order valence-corrected chi connectivity index (χ0v) is 18.5. The van der Waals surface area contributed by atoms with E-state index in [0.717, 1.165) is 41.0 Å². The summed E-state index contributed by atoms with van der Waals surface area (Å²) >= 11 is 0. The Morgan fingerprint density at radius 2 is 1.31 bits per heavy atom. The number of carbonyl (C=O) groups is 1. The number of aromatic nitrogens is 3. The maximum atomic E-state index is 8.81. The van der Waals surface area contributed by atoms with Crippen LogP contribution in [0.4, 0.5) is 5.69 Å². The van der Waals surface area contributed by atoms with E-state index in [9.17, 15) is 0 Å². The summed E-state index contributed by atoms with van der Waals surface area (Å²) in [5.74, 6) is 0. The van der Waals surface area contributed by atoms with Gasteiger partial charge >= 0.3 is 0 Å². The quantitative estimate of drug-likeness (QED) is 0.336. The van der Waals surface area contributed by atoms with Gasteiger partial charge in [-0.1, -0.05) is 76.2 Å². The average Bonchev–Trinajstić information content (AvgIpc) is 3.24. The Morgan fingerprint density at radius 3 is 1.90 bits per heavy atom. The Kier molecular flexibility index (Phi) is 14.1. The van der Waals surface area contributed by atoms with E-state index >= 15 is 0 Å². The summed E-state index contributed by atoms with van der Waals surface area (Å²) in [6.45, 7) is 15.5. The van der Waals surface area contributed by atoms with Gasteiger partial charge in [0.25, 0.3) is 0 Å². The Bertz CT molecular complexity index is 772. The van der Waals surface area contributed by atoms with Crippen LogP contribution >= 0.6 is 0 Å². The number of fused-ring (bicyclic) bond motifs is 5. The van der Waals surface area contributed by atoms with Gasteiger partial charge in [-0.15, -0.1) is 6.58 Å². The van der Waals surface area contributed by atoms with E-state index in [1.165, 1.54) is 12.5 Å². The number of rotatable bonds is 0. The van der Waals surface area contributed by atoms with Gasteiger partial charge in [-0.2, -0.15) is 15.4 Å². The summed E-state index contributed by atoms with van der Waals surface area (Å²) in [4.78, 5) is 8.81. The van der Waals surface area contributed by atoms with Crippen molar-refractivity contribution >= 4 is 12.0 Å². The van der Waals surface area contributed by atoms with Crippen LogP contribution in [0.1, 0.15) is 47.1 Å². The number of allylic oxidation sites excluding steroid dienone is 1. The minimum Gasteiger partial charge on any atom is -0.380 e. The summed E-state index contributed by atoms with van der Waals surface area (Å²) in [6, 6.07) is 16.5. The van der Waals surface area contributed by atoms with E-state index in [2.05, 4.69) is 51.6 Å². The van der Waals surface area contributed by atoms with Gasteiger partial charge < -0.3 is 10.1 Å². The molecule has 1 aliphatic heterocycles. The van der Waals surface area contributed by atoms with E-state index in [4.69, 9.17) is 4.79 Å². The molecule has 1 aliphatic rings. The number of aromatic amines is 1. The second-order valence-corrected chi connectivity index (χ2v) is 5.22. The Labute approximate surface area is 175 Å². The molecule has 0 fully saturated rings. The molecule has 29 heavy (non-hydrogen) atoms. The maximum absolute atomic E-state index is 8.81. The molecule has 156 valence electrons. The van der Waals surface area contributed by atoms with Gasteiger partial charge in [-0.05, 0) is 25.5 Å². The van der Waals surface area contributed by atoms with Crippen LogP contribution in [0.15, 0.2) is 61.2 Å². The van der Waals surface area contributed by atoms with Crippen LogP contribution in [0.25, 0.3) is 22.5 Å². The van der Waals surface area contributed by atoms with Crippen LogP contribution in [0, 0.1) is 0 Å². The Hall–Kier alpha value is -3.21. The zero-order chi connectivity index (χ0) is 22.1. The molecule has 0 spiro atoms. The van der Waals surface area contributed by atoms with Crippen LogP contribution in [0.5, 0.6) is 0 Å². The first kappa shape index (κ1) is 25.8. The highest BCUT2D eigenvalue weighted by atomic mass is 16.1. The van der Waals surface area contributed by atoms with Crippen LogP contribution in [0.3, 0.4) is 0 Å². The van der Waals surface area contributed by atoms with Crippen LogP contribution in [-0.4, -0.2) is 21.7 Å². The lowest BCUT2D eigenvalue weighted by Crippen LogP contribution is -2.05. The highest BCUT2D eigenvalue weighted by molar-refractivity contribution is 5.87. The fourth-order valence-electron chi connectivity index (χ4n) is 2.55. The van der Waals surface area contributed by atoms with Gasteiger partial charge in [-0.3, -0.25) is 0 Å². The lowest BCUT2D eigenvalue weighted by Gasteiger charge is -2.17. The van der Waals surface area contributed by atoms with E-state index in [1.807, 2.05) is 58.9 Å². The number of para-hydroxylation sites is 1. The SMILES string of the molecule is C=CC.CC.CC.CC=O.c1ccc2c(c1)CNc1ccccc1-c1n[nH]nc1-2. The Balaban J connectivity index is 0.000000680. The zero-order valence-electron chi connectivity index (χ0n) is 18.5. The third-order valence-electron chi connectivity index (χ3n) is 3.47. The number of aldehydes is 1. The molecule has 0 saturated heterocycles. The monoisotopic (exact) mass is 394 g/mol. The van der Waals surface area contributed by atoms with Crippen LogP contribution in [-0.2, 0) is 11.3 Å². The lowest BCUT2D eigenvalue weighted by molar-refractivity contribution is -0.106. The van der Waals surface area contributed by atoms with Gasteiger partial charge in [-0.25, -0.2) is 0 Å². The normalized spacial score (nSPS) is 9.45. The number of nitrogens with one attached hydrogen (secondary N) is 2. The molecule has 5 nitrogen and oxygen atoms in total. The van der Waals surface area contributed by atoms with Gasteiger partial charge in [0.1, 0.15) is 17.7 Å². The molecular formula is C24H34N4O. The summed E-state index contributed by atoms with van der Waals surface area (Å²) in [7, 11) is 0. The molecule has 4 rings (SSSR count). The predicted molar refractivity (Wildman–Crippen MR) is 125 cm³/mol. The molecule has 0 bridgehead atoms. The highest BCUT2D eigenvalue weighted by Gasteiger charge is 2.19. The first-order valence-electron chi connectivity index (χ1n) is 10.1. The molecular weight excluding hydrogens is 360 g/mol. The average molecular weight is 395 g/mol. The van der Waals surface area contributed by atoms with E-state index < -0.39 is 0 Å². The summed E-state index contributed by atoms with van der Waals surface area (Å²) in [5, 5.41) is 14.9. The fourth-order valence-corrected chi connectivity index (χ4v) is 2.55. The molecule has 3 aromatic rings. The topological polar surface area (TPSA) is 70.7 Å². The van der Waals surface area contributed by atoms with Crippen molar-refractivity contribution in [2.45, 2.75) is 48.1 Å². The number of benzene rings is 2.